The van der Waals surface area contributed by atoms with Crippen LogP contribution in [-0.2, 0) is 5.75 Å². The van der Waals surface area contributed by atoms with Gasteiger partial charge in [-0.05, 0) is 38.1 Å². The highest BCUT2D eigenvalue weighted by molar-refractivity contribution is 7.98. The van der Waals surface area contributed by atoms with Gasteiger partial charge in [0.25, 0.3) is 5.95 Å². The Bertz CT molecular complexity index is 917. The molecule has 9 heteroatoms. The third kappa shape index (κ3) is 3.36. The second-order valence-electron chi connectivity index (χ2n) is 5.47. The van der Waals surface area contributed by atoms with Gasteiger partial charge in [-0.15, -0.1) is 10.2 Å². The summed E-state index contributed by atoms with van der Waals surface area (Å²) in [5, 5.41) is 13.2. The Kier molecular flexibility index (Phi) is 4.75. The number of aromatic nitrogens is 5. The first-order chi connectivity index (χ1) is 12.0. The van der Waals surface area contributed by atoms with Gasteiger partial charge in [-0.25, -0.2) is 9.36 Å². The van der Waals surface area contributed by atoms with Crippen LogP contribution in [0.4, 0.5) is 0 Å². The minimum atomic E-state index is 0.446. The zero-order valence-electron chi connectivity index (χ0n) is 14.1. The topological polar surface area (TPSA) is 101 Å². The van der Waals surface area contributed by atoms with Crippen molar-refractivity contribution in [3.05, 3.63) is 46.8 Å². The average Bonchev–Trinajstić information content (AvgIpc) is 3.13. The lowest BCUT2D eigenvalue weighted by molar-refractivity contribution is 0.112. The van der Waals surface area contributed by atoms with Crippen LogP contribution in [0.25, 0.3) is 5.95 Å². The first-order valence-corrected chi connectivity index (χ1v) is 8.51. The molecule has 8 nitrogen and oxygen atoms in total. The van der Waals surface area contributed by atoms with E-state index >= 15 is 0 Å². The Morgan fingerprint density at radius 1 is 1.28 bits per heavy atom. The predicted octanol–water partition coefficient (Wildman–Crippen LogP) is 1.91. The van der Waals surface area contributed by atoms with Gasteiger partial charge in [0.05, 0.1) is 12.8 Å². The van der Waals surface area contributed by atoms with Crippen LogP contribution in [0, 0.1) is 13.8 Å². The lowest BCUT2D eigenvalue weighted by Crippen LogP contribution is -2.17. The summed E-state index contributed by atoms with van der Waals surface area (Å²) in [6.07, 6.45) is 0.806. The van der Waals surface area contributed by atoms with Crippen molar-refractivity contribution in [3.63, 3.8) is 0 Å². The lowest BCUT2D eigenvalue weighted by Gasteiger charge is -2.09. The van der Waals surface area contributed by atoms with Gasteiger partial charge in [-0.1, -0.05) is 11.8 Å². The summed E-state index contributed by atoms with van der Waals surface area (Å²) >= 11 is 1.40. The van der Waals surface area contributed by atoms with Gasteiger partial charge in [0.2, 0.25) is 5.16 Å². The molecule has 25 heavy (non-hydrogen) atoms. The molecular weight excluding hydrogens is 340 g/mol. The van der Waals surface area contributed by atoms with E-state index in [9.17, 15) is 4.79 Å². The van der Waals surface area contributed by atoms with E-state index in [0.717, 1.165) is 23.2 Å². The second kappa shape index (κ2) is 6.98. The number of ether oxygens (including phenoxy) is 1. The first-order valence-electron chi connectivity index (χ1n) is 7.52. The fourth-order valence-electron chi connectivity index (χ4n) is 2.47. The smallest absolute Gasteiger partial charge is 0.271 e. The molecule has 0 radical (unpaired) electrons. The molecule has 3 rings (SSSR count). The third-order valence-corrected chi connectivity index (χ3v) is 4.63. The number of nitrogens with two attached hydrogens (primary N) is 1. The highest BCUT2D eigenvalue weighted by Crippen LogP contribution is 2.28. The number of hydrogen-bond donors (Lipinski definition) is 1. The second-order valence-corrected chi connectivity index (χ2v) is 6.41. The van der Waals surface area contributed by atoms with Gasteiger partial charge in [0, 0.05) is 22.6 Å². The Morgan fingerprint density at radius 2 is 2.08 bits per heavy atom. The van der Waals surface area contributed by atoms with E-state index in [4.69, 9.17) is 10.6 Å². The highest BCUT2D eigenvalue weighted by Gasteiger charge is 2.16. The zero-order valence-corrected chi connectivity index (χ0v) is 14.9. The SMILES string of the molecule is COc1ccc(C=O)cc1CSc1nnc(-n2nc(C)cc2C)n1N. The van der Waals surface area contributed by atoms with E-state index in [1.807, 2.05) is 19.9 Å². The van der Waals surface area contributed by atoms with Crippen molar-refractivity contribution in [1.82, 2.24) is 24.7 Å². The Morgan fingerprint density at radius 3 is 2.72 bits per heavy atom. The standard InChI is InChI=1S/C16H18N6O2S/c1-10-6-11(2)22(20-10)15-18-19-16(21(15)17)25-9-13-7-12(8-23)4-5-14(13)24-3/h4-8H,9,17H2,1-3H3. The molecule has 3 aromatic rings. The molecule has 0 unspecified atom stereocenters. The van der Waals surface area contributed by atoms with Crippen molar-refractivity contribution in [2.75, 3.05) is 13.0 Å². The molecule has 0 bridgehead atoms. The summed E-state index contributed by atoms with van der Waals surface area (Å²) in [5.74, 6) is 7.82. The molecule has 2 aromatic heterocycles. The maximum atomic E-state index is 11.0. The van der Waals surface area contributed by atoms with Crippen LogP contribution >= 0.6 is 11.8 Å². The number of nitrogens with zero attached hydrogens (tertiary/aromatic N) is 5. The van der Waals surface area contributed by atoms with Crippen molar-refractivity contribution in [2.24, 2.45) is 0 Å². The number of aryl methyl sites for hydroxylation is 2. The summed E-state index contributed by atoms with van der Waals surface area (Å²) in [4.78, 5) is 11.0. The third-order valence-electron chi connectivity index (χ3n) is 3.64. The molecule has 2 heterocycles. The van der Waals surface area contributed by atoms with Crippen LogP contribution < -0.4 is 10.6 Å². The highest BCUT2D eigenvalue weighted by atomic mass is 32.2. The van der Waals surface area contributed by atoms with Crippen molar-refractivity contribution in [2.45, 2.75) is 24.8 Å². The van der Waals surface area contributed by atoms with Gasteiger partial charge in [-0.3, -0.25) is 4.79 Å². The Balaban J connectivity index is 1.83. The summed E-state index contributed by atoms with van der Waals surface area (Å²) in [7, 11) is 1.59. The van der Waals surface area contributed by atoms with E-state index < -0.39 is 0 Å². The molecule has 0 aliphatic rings. The van der Waals surface area contributed by atoms with Gasteiger partial charge < -0.3 is 10.6 Å². The minimum Gasteiger partial charge on any atom is -0.496 e. The number of thioether (sulfide) groups is 1. The van der Waals surface area contributed by atoms with E-state index in [1.54, 1.807) is 30.0 Å². The number of benzene rings is 1. The van der Waals surface area contributed by atoms with Crippen molar-refractivity contribution in [1.29, 1.82) is 0 Å². The molecule has 0 fully saturated rings. The number of carbonyl (C=O) groups excluding carboxylic acids is 1. The van der Waals surface area contributed by atoms with Crippen LogP contribution in [0.2, 0.25) is 0 Å². The van der Waals surface area contributed by atoms with Gasteiger partial charge in [0.1, 0.15) is 12.0 Å². The predicted molar refractivity (Wildman–Crippen MR) is 94.7 cm³/mol. The van der Waals surface area contributed by atoms with Crippen LogP contribution in [-0.4, -0.2) is 38.0 Å². The molecule has 130 valence electrons. The lowest BCUT2D eigenvalue weighted by atomic mass is 10.1. The summed E-state index contributed by atoms with van der Waals surface area (Å²) in [6.45, 7) is 3.83. The largest absolute Gasteiger partial charge is 0.496 e. The summed E-state index contributed by atoms with van der Waals surface area (Å²) in [5.41, 5.74) is 3.28. The van der Waals surface area contributed by atoms with Crippen molar-refractivity contribution < 1.29 is 9.53 Å². The monoisotopic (exact) mass is 358 g/mol. The number of aldehydes is 1. The molecule has 1 aromatic carbocycles. The van der Waals surface area contributed by atoms with Crippen LogP contribution in [0.3, 0.4) is 0 Å². The number of rotatable bonds is 6. The normalized spacial score (nSPS) is 10.8. The van der Waals surface area contributed by atoms with E-state index in [-0.39, 0.29) is 0 Å². The first kappa shape index (κ1) is 17.0. The van der Waals surface area contributed by atoms with E-state index in [0.29, 0.717) is 28.2 Å². The molecule has 0 aliphatic heterocycles. The van der Waals surface area contributed by atoms with Crippen LogP contribution in [0.15, 0.2) is 29.4 Å². The minimum absolute atomic E-state index is 0.446. The van der Waals surface area contributed by atoms with Crippen LogP contribution in [0.5, 0.6) is 5.75 Å². The number of carbonyl (C=O) groups is 1. The number of nitrogen functional groups attached to an aromatic ring is 1. The Labute approximate surface area is 149 Å². The molecular formula is C16H18N6O2S. The fraction of sp³-hybridized carbons (Fsp3) is 0.250. The Hall–Kier alpha value is -2.81. The van der Waals surface area contributed by atoms with Gasteiger partial charge in [0.15, 0.2) is 0 Å². The maximum absolute atomic E-state index is 11.0. The molecule has 0 atom stereocenters. The number of hydrogen-bond acceptors (Lipinski definition) is 7. The van der Waals surface area contributed by atoms with Gasteiger partial charge in [-0.2, -0.15) is 5.10 Å². The van der Waals surface area contributed by atoms with Crippen molar-refractivity contribution >= 4 is 18.0 Å². The average molecular weight is 358 g/mol. The molecule has 0 saturated carbocycles. The van der Waals surface area contributed by atoms with E-state index in [1.165, 1.54) is 16.4 Å². The molecule has 0 aliphatic carbocycles. The van der Waals surface area contributed by atoms with Crippen molar-refractivity contribution in [3.8, 4) is 11.7 Å². The maximum Gasteiger partial charge on any atom is 0.271 e. The summed E-state index contributed by atoms with van der Waals surface area (Å²) in [6, 6.07) is 7.22. The quantitative estimate of drug-likeness (QED) is 0.408. The van der Waals surface area contributed by atoms with Gasteiger partial charge >= 0.3 is 0 Å². The molecule has 0 spiro atoms. The van der Waals surface area contributed by atoms with Crippen LogP contribution in [0.1, 0.15) is 27.3 Å². The zero-order chi connectivity index (χ0) is 18.0. The number of methoxy groups -OCH3 is 1. The summed E-state index contributed by atoms with van der Waals surface area (Å²) < 4.78 is 8.39. The molecule has 0 saturated heterocycles. The fourth-order valence-corrected chi connectivity index (χ4v) is 3.30. The molecule has 2 N–H and O–H groups in total. The molecule has 0 amide bonds. The van der Waals surface area contributed by atoms with E-state index in [2.05, 4.69) is 15.3 Å².